The van der Waals surface area contributed by atoms with Crippen LogP contribution in [-0.2, 0) is 26.0 Å². The highest BCUT2D eigenvalue weighted by atomic mass is 32.2. The smallest absolute Gasteiger partial charge is 0.311 e. The first-order chi connectivity index (χ1) is 14.8. The Labute approximate surface area is 187 Å². The van der Waals surface area contributed by atoms with Crippen molar-refractivity contribution in [2.45, 2.75) is 51.3 Å². The molecule has 0 fully saturated rings. The summed E-state index contributed by atoms with van der Waals surface area (Å²) in [5.41, 5.74) is 6.78. The second-order valence-corrected chi connectivity index (χ2v) is 10.6. The van der Waals surface area contributed by atoms with Crippen molar-refractivity contribution < 1.29 is 27.1 Å². The van der Waals surface area contributed by atoms with E-state index in [1.165, 1.54) is 32.9 Å². The summed E-state index contributed by atoms with van der Waals surface area (Å²) in [6.45, 7) is 6.05. The molecule has 1 amide bonds. The molecule has 8 nitrogen and oxygen atoms in total. The molecule has 4 N–H and O–H groups in total. The number of nitrogen functional groups attached to an aromatic ring is 1. The zero-order valence-corrected chi connectivity index (χ0v) is 19.3. The largest absolute Gasteiger partial charge is 0.421 e. The van der Waals surface area contributed by atoms with Crippen LogP contribution >= 0.6 is 0 Å². The number of benzene rings is 2. The summed E-state index contributed by atoms with van der Waals surface area (Å²) in [6.07, 6.45) is 0.0215. The Bertz CT molecular complexity index is 1080. The van der Waals surface area contributed by atoms with Crippen molar-refractivity contribution in [2.24, 2.45) is 0 Å². The van der Waals surface area contributed by atoms with Gasteiger partial charge in [-0.15, -0.1) is 0 Å². The van der Waals surface area contributed by atoms with E-state index in [2.05, 4.69) is 10.0 Å². The molecule has 0 bridgehead atoms. The maximum absolute atomic E-state index is 14.3. The third-order valence-corrected chi connectivity index (χ3v) is 6.78. The molecule has 0 spiro atoms. The fourth-order valence-electron chi connectivity index (χ4n) is 2.56. The minimum absolute atomic E-state index is 0.00681. The third-order valence-electron chi connectivity index (χ3n) is 4.57. The minimum Gasteiger partial charge on any atom is -0.421 e. The maximum Gasteiger partial charge on any atom is 0.311 e. The van der Waals surface area contributed by atoms with E-state index < -0.39 is 44.3 Å². The van der Waals surface area contributed by atoms with Crippen molar-refractivity contribution in [3.8, 4) is 5.75 Å². The van der Waals surface area contributed by atoms with E-state index in [0.29, 0.717) is 11.3 Å². The predicted molar refractivity (Wildman–Crippen MR) is 121 cm³/mol. The first-order valence-electron chi connectivity index (χ1n) is 10.0. The van der Waals surface area contributed by atoms with Gasteiger partial charge in [0.25, 0.3) is 0 Å². The van der Waals surface area contributed by atoms with Crippen molar-refractivity contribution in [2.75, 3.05) is 11.1 Å². The average Bonchev–Trinajstić information content (AvgIpc) is 2.70. The summed E-state index contributed by atoms with van der Waals surface area (Å²) in [5, 5.41) is 2.48. The van der Waals surface area contributed by atoms with E-state index in [4.69, 9.17) is 10.5 Å². The number of hydrogen-bond acceptors (Lipinski definition) is 6. The summed E-state index contributed by atoms with van der Waals surface area (Å²) in [5.74, 6) is -2.70. The van der Waals surface area contributed by atoms with Crippen molar-refractivity contribution in [1.82, 2.24) is 4.72 Å². The Hall–Kier alpha value is -2.98. The van der Waals surface area contributed by atoms with Crippen LogP contribution in [0.4, 0.5) is 15.8 Å². The lowest BCUT2D eigenvalue weighted by molar-refractivity contribution is -0.134. The monoisotopic (exact) mass is 465 g/mol. The van der Waals surface area contributed by atoms with Crippen LogP contribution in [0.25, 0.3) is 0 Å². The zero-order chi connectivity index (χ0) is 24.1. The van der Waals surface area contributed by atoms with E-state index in [1.54, 1.807) is 31.2 Å². The zero-order valence-electron chi connectivity index (χ0n) is 18.4. The van der Waals surface area contributed by atoms with Gasteiger partial charge < -0.3 is 15.8 Å². The molecule has 2 aromatic carbocycles. The number of ether oxygens (including phenoxy) is 1. The average molecular weight is 466 g/mol. The Morgan fingerprint density at radius 2 is 1.75 bits per heavy atom. The molecule has 0 saturated carbocycles. The number of anilines is 2. The number of rotatable bonds is 8. The van der Waals surface area contributed by atoms with Gasteiger partial charge in [0.05, 0.1) is 10.4 Å². The van der Waals surface area contributed by atoms with Gasteiger partial charge in [0, 0.05) is 12.1 Å². The Kier molecular flexibility index (Phi) is 7.97. The molecule has 0 heterocycles. The van der Waals surface area contributed by atoms with Crippen molar-refractivity contribution in [3.63, 3.8) is 0 Å². The van der Waals surface area contributed by atoms with Crippen molar-refractivity contribution in [3.05, 3.63) is 53.8 Å². The number of esters is 1. The van der Waals surface area contributed by atoms with Gasteiger partial charge in [-0.1, -0.05) is 25.1 Å². The molecule has 32 heavy (non-hydrogen) atoms. The maximum atomic E-state index is 14.3. The molecule has 0 aliphatic heterocycles. The molecule has 2 rings (SSSR count). The topological polar surface area (TPSA) is 128 Å². The van der Waals surface area contributed by atoms with Crippen LogP contribution in [0.5, 0.6) is 5.75 Å². The first-order valence-corrected chi connectivity index (χ1v) is 11.5. The number of para-hydroxylation sites is 1. The van der Waals surface area contributed by atoms with Gasteiger partial charge in [-0.05, 0) is 57.0 Å². The van der Waals surface area contributed by atoms with Gasteiger partial charge in [0.2, 0.25) is 15.9 Å². The Balaban J connectivity index is 2.37. The highest BCUT2D eigenvalue weighted by Gasteiger charge is 2.34. The lowest BCUT2D eigenvalue weighted by Crippen LogP contribution is -2.50. The van der Waals surface area contributed by atoms with Gasteiger partial charge >= 0.3 is 5.97 Å². The number of nitrogens with two attached hydrogens (primary N) is 1. The van der Waals surface area contributed by atoms with Crippen LogP contribution in [-0.4, -0.2) is 31.1 Å². The number of hydrogen-bond donors (Lipinski definition) is 3. The number of halogens is 1. The van der Waals surface area contributed by atoms with Gasteiger partial charge in [0.1, 0.15) is 6.04 Å². The molecule has 1 atom stereocenters. The molecule has 0 aromatic heterocycles. The van der Waals surface area contributed by atoms with E-state index in [0.717, 1.165) is 6.07 Å². The Morgan fingerprint density at radius 1 is 1.12 bits per heavy atom. The third kappa shape index (κ3) is 6.51. The molecule has 2 aromatic rings. The van der Waals surface area contributed by atoms with Crippen LogP contribution in [0, 0.1) is 5.82 Å². The number of carbonyl (C=O) groups is 2. The predicted octanol–water partition coefficient (Wildman–Crippen LogP) is 2.99. The van der Waals surface area contributed by atoms with Crippen molar-refractivity contribution in [1.29, 1.82) is 0 Å². The lowest BCUT2D eigenvalue weighted by atomic mass is 10.1. The summed E-state index contributed by atoms with van der Waals surface area (Å²) < 4.78 is 46.0. The molecule has 0 aliphatic rings. The SMILES string of the molecule is CCC(=O)Oc1c(F)cccc1NC(=O)[C@H](Cc1ccc(N)cc1)NS(=O)(=O)C(C)(C)C. The van der Waals surface area contributed by atoms with E-state index in [1.807, 2.05) is 0 Å². The highest BCUT2D eigenvalue weighted by molar-refractivity contribution is 7.90. The van der Waals surface area contributed by atoms with Gasteiger partial charge in [-0.3, -0.25) is 9.59 Å². The standard InChI is InChI=1S/C22H28FN3O5S/c1-5-19(27)31-20-16(23)7-6-8-17(20)25-21(28)18(26-32(29,30)22(2,3)4)13-14-9-11-15(24)12-10-14/h6-12,18,26H,5,13,24H2,1-4H3,(H,25,28)/t18-/m0/s1. The van der Waals surface area contributed by atoms with Crippen LogP contribution in [0.15, 0.2) is 42.5 Å². The van der Waals surface area contributed by atoms with E-state index >= 15 is 0 Å². The quantitative estimate of drug-likeness (QED) is 0.312. The normalized spacial score (nSPS) is 12.8. The lowest BCUT2D eigenvalue weighted by Gasteiger charge is -2.25. The molecule has 0 saturated heterocycles. The number of sulfonamides is 1. The molecular formula is C22H28FN3O5S. The molecule has 174 valence electrons. The second-order valence-electron chi connectivity index (χ2n) is 8.17. The summed E-state index contributed by atoms with van der Waals surface area (Å²) in [4.78, 5) is 24.8. The Morgan fingerprint density at radius 3 is 2.31 bits per heavy atom. The number of amides is 1. The molecule has 10 heteroatoms. The van der Waals surface area contributed by atoms with E-state index in [-0.39, 0.29) is 18.5 Å². The van der Waals surface area contributed by atoms with Gasteiger partial charge in [-0.25, -0.2) is 17.5 Å². The first kappa shape index (κ1) is 25.3. The fraction of sp³-hybridized carbons (Fsp3) is 0.364. The van der Waals surface area contributed by atoms with Crippen LogP contribution in [0.3, 0.4) is 0 Å². The number of carbonyl (C=O) groups excluding carboxylic acids is 2. The molecule has 0 radical (unpaired) electrons. The van der Waals surface area contributed by atoms with Crippen LogP contribution in [0.2, 0.25) is 0 Å². The highest BCUT2D eigenvalue weighted by Crippen LogP contribution is 2.28. The number of nitrogens with one attached hydrogen (secondary N) is 2. The molecule has 0 aliphatic carbocycles. The molecular weight excluding hydrogens is 437 g/mol. The summed E-state index contributed by atoms with van der Waals surface area (Å²) in [6, 6.07) is 9.19. The van der Waals surface area contributed by atoms with Gasteiger partial charge in [0.15, 0.2) is 11.6 Å². The van der Waals surface area contributed by atoms with Crippen LogP contribution in [0.1, 0.15) is 39.7 Å². The van der Waals surface area contributed by atoms with Gasteiger partial charge in [-0.2, -0.15) is 0 Å². The van der Waals surface area contributed by atoms with Crippen LogP contribution < -0.4 is 20.5 Å². The molecule has 0 unspecified atom stereocenters. The second kappa shape index (κ2) is 10.1. The fourth-order valence-corrected chi connectivity index (χ4v) is 3.48. The summed E-state index contributed by atoms with van der Waals surface area (Å²) >= 11 is 0. The van der Waals surface area contributed by atoms with Crippen molar-refractivity contribution >= 4 is 33.3 Å². The minimum atomic E-state index is -3.90. The van der Waals surface area contributed by atoms with E-state index in [9.17, 15) is 22.4 Å². The summed E-state index contributed by atoms with van der Waals surface area (Å²) in [7, 11) is -3.90.